The first kappa shape index (κ1) is 24.5. The molecule has 0 aliphatic heterocycles. The van der Waals surface area contributed by atoms with E-state index in [1.165, 1.54) is 16.7 Å². The molecular weight excluding hydrogens is 372 g/mol. The lowest BCUT2D eigenvalue weighted by Crippen LogP contribution is -2.10. The SMILES string of the molecule is C=C.CC/C=C\C(NSCc1ccccc1)=C(/CC)C(C)=Nc1ccccc1C. The Morgan fingerprint density at radius 1 is 1.03 bits per heavy atom. The standard InChI is InChI=1S/C24H30N2S.C2H4/c1-5-7-16-24(26-27-18-21-14-9-8-10-15-21)22(6-2)20(4)25-23-17-12-11-13-19(23)3;1-2/h7-17,26H,5-6,18H2,1-4H3;1-2H2/b16-7-,24-22-,25-20?;. The van der Waals surface area contributed by atoms with Crippen LogP contribution in [0.2, 0.25) is 0 Å². The predicted octanol–water partition coefficient (Wildman–Crippen LogP) is 7.96. The average Bonchev–Trinajstić information content (AvgIpc) is 2.76. The molecule has 0 bridgehead atoms. The van der Waals surface area contributed by atoms with Gasteiger partial charge in [0.15, 0.2) is 0 Å². The van der Waals surface area contributed by atoms with Gasteiger partial charge >= 0.3 is 0 Å². The topological polar surface area (TPSA) is 24.4 Å². The van der Waals surface area contributed by atoms with Gasteiger partial charge in [0.05, 0.1) is 5.69 Å². The smallest absolute Gasteiger partial charge is 0.0662 e. The van der Waals surface area contributed by atoms with Crippen molar-refractivity contribution in [3.8, 4) is 0 Å². The molecule has 3 heteroatoms. The molecule has 0 aliphatic carbocycles. The van der Waals surface area contributed by atoms with Gasteiger partial charge in [-0.05, 0) is 67.5 Å². The molecule has 0 aromatic heterocycles. The second kappa shape index (κ2) is 14.5. The summed E-state index contributed by atoms with van der Waals surface area (Å²) < 4.78 is 3.56. The summed E-state index contributed by atoms with van der Waals surface area (Å²) in [5.74, 6) is 0.926. The Morgan fingerprint density at radius 2 is 1.69 bits per heavy atom. The van der Waals surface area contributed by atoms with E-state index in [1.54, 1.807) is 11.9 Å². The van der Waals surface area contributed by atoms with Crippen molar-refractivity contribution in [2.45, 2.75) is 46.3 Å². The van der Waals surface area contributed by atoms with Crippen LogP contribution >= 0.6 is 11.9 Å². The van der Waals surface area contributed by atoms with Gasteiger partial charge in [0.2, 0.25) is 0 Å². The van der Waals surface area contributed by atoms with Crippen molar-refractivity contribution in [3.63, 3.8) is 0 Å². The maximum absolute atomic E-state index is 4.90. The number of aliphatic imine (C=N–C) groups is 1. The fourth-order valence-electron chi connectivity index (χ4n) is 2.78. The quantitative estimate of drug-likeness (QED) is 0.198. The van der Waals surface area contributed by atoms with Crippen molar-refractivity contribution in [2.75, 3.05) is 0 Å². The van der Waals surface area contributed by atoms with E-state index in [9.17, 15) is 0 Å². The maximum Gasteiger partial charge on any atom is 0.0662 e. The third-order valence-corrected chi connectivity index (χ3v) is 5.14. The Kier molecular flexibility index (Phi) is 12.2. The Hall–Kier alpha value is -2.52. The maximum atomic E-state index is 4.90. The van der Waals surface area contributed by atoms with Gasteiger partial charge in [-0.25, -0.2) is 0 Å². The highest BCUT2D eigenvalue weighted by Gasteiger charge is 2.08. The molecule has 2 aromatic rings. The highest BCUT2D eigenvalue weighted by atomic mass is 32.2. The molecule has 0 heterocycles. The molecule has 0 spiro atoms. The minimum Gasteiger partial charge on any atom is -0.329 e. The molecule has 29 heavy (non-hydrogen) atoms. The van der Waals surface area contributed by atoms with Crippen molar-refractivity contribution in [1.29, 1.82) is 0 Å². The van der Waals surface area contributed by atoms with Gasteiger partial charge in [-0.2, -0.15) is 0 Å². The van der Waals surface area contributed by atoms with Crippen molar-refractivity contribution in [2.24, 2.45) is 4.99 Å². The summed E-state index contributed by atoms with van der Waals surface area (Å²) >= 11 is 1.72. The second-order valence-electron chi connectivity index (χ2n) is 6.42. The normalized spacial score (nSPS) is 12.2. The van der Waals surface area contributed by atoms with Gasteiger partial charge in [0.1, 0.15) is 0 Å². The van der Waals surface area contributed by atoms with E-state index in [0.717, 1.165) is 35.7 Å². The molecule has 154 valence electrons. The minimum atomic E-state index is 0.926. The summed E-state index contributed by atoms with van der Waals surface area (Å²) in [5, 5.41) is 0. The van der Waals surface area contributed by atoms with Crippen LogP contribution in [0.4, 0.5) is 5.69 Å². The predicted molar refractivity (Wildman–Crippen MR) is 133 cm³/mol. The van der Waals surface area contributed by atoms with Crippen LogP contribution in [-0.4, -0.2) is 5.71 Å². The molecule has 0 saturated heterocycles. The van der Waals surface area contributed by atoms with Crippen LogP contribution in [0, 0.1) is 6.92 Å². The van der Waals surface area contributed by atoms with Gasteiger partial charge in [0, 0.05) is 17.2 Å². The second-order valence-corrected chi connectivity index (χ2v) is 7.20. The van der Waals surface area contributed by atoms with E-state index >= 15 is 0 Å². The first-order chi connectivity index (χ1) is 14.2. The highest BCUT2D eigenvalue weighted by Crippen LogP contribution is 2.22. The van der Waals surface area contributed by atoms with E-state index in [2.05, 4.69) is 106 Å². The molecule has 2 aromatic carbocycles. The molecule has 1 N–H and O–H groups in total. The van der Waals surface area contributed by atoms with Gasteiger partial charge in [-0.3, -0.25) is 4.99 Å². The van der Waals surface area contributed by atoms with Crippen LogP contribution in [0.15, 0.2) is 96.2 Å². The molecule has 0 amide bonds. The fourth-order valence-corrected chi connectivity index (χ4v) is 3.56. The first-order valence-electron chi connectivity index (χ1n) is 10.1. The average molecular weight is 407 g/mol. The Balaban J connectivity index is 0.00000204. The van der Waals surface area contributed by atoms with E-state index in [-0.39, 0.29) is 0 Å². The lowest BCUT2D eigenvalue weighted by atomic mass is 10.1. The molecule has 2 rings (SSSR count). The summed E-state index contributed by atoms with van der Waals surface area (Å²) in [4.78, 5) is 4.90. The van der Waals surface area contributed by atoms with E-state index < -0.39 is 0 Å². The van der Waals surface area contributed by atoms with Crippen LogP contribution < -0.4 is 4.72 Å². The molecule has 0 radical (unpaired) electrons. The van der Waals surface area contributed by atoms with Crippen molar-refractivity contribution in [3.05, 3.63) is 102 Å². The minimum absolute atomic E-state index is 0.926. The van der Waals surface area contributed by atoms with Crippen molar-refractivity contribution < 1.29 is 0 Å². The van der Waals surface area contributed by atoms with E-state index in [0.29, 0.717) is 0 Å². The largest absolute Gasteiger partial charge is 0.329 e. The number of nitrogens with zero attached hydrogens (tertiary/aromatic N) is 1. The Labute approximate surface area is 181 Å². The van der Waals surface area contributed by atoms with Crippen LogP contribution in [0.25, 0.3) is 0 Å². The van der Waals surface area contributed by atoms with E-state index in [4.69, 9.17) is 4.99 Å². The number of benzene rings is 2. The number of hydrogen-bond acceptors (Lipinski definition) is 3. The van der Waals surface area contributed by atoms with Gasteiger partial charge < -0.3 is 4.72 Å². The third kappa shape index (κ3) is 8.57. The van der Waals surface area contributed by atoms with Gasteiger partial charge in [0.25, 0.3) is 0 Å². The zero-order valence-corrected chi connectivity index (χ0v) is 19.1. The first-order valence-corrected chi connectivity index (χ1v) is 11.1. The molecule has 0 fully saturated rings. The summed E-state index contributed by atoms with van der Waals surface area (Å²) in [6.45, 7) is 14.6. The molecule has 0 unspecified atom stereocenters. The molecule has 0 aliphatic rings. The van der Waals surface area contributed by atoms with Crippen LogP contribution in [0.5, 0.6) is 0 Å². The summed E-state index contributed by atoms with van der Waals surface area (Å²) in [7, 11) is 0. The number of nitrogens with one attached hydrogen (secondary N) is 1. The number of para-hydroxylation sites is 1. The monoisotopic (exact) mass is 406 g/mol. The Morgan fingerprint density at radius 3 is 2.31 bits per heavy atom. The van der Waals surface area contributed by atoms with Gasteiger partial charge in [-0.15, -0.1) is 13.2 Å². The number of aryl methyl sites for hydroxylation is 1. The highest BCUT2D eigenvalue weighted by molar-refractivity contribution is 7.96. The lowest BCUT2D eigenvalue weighted by molar-refractivity contribution is 1.09. The summed E-state index contributed by atoms with van der Waals surface area (Å²) in [6.07, 6.45) is 6.33. The third-order valence-electron chi connectivity index (χ3n) is 4.30. The number of hydrogen-bond donors (Lipinski definition) is 1. The lowest BCUT2D eigenvalue weighted by Gasteiger charge is -2.14. The summed E-state index contributed by atoms with van der Waals surface area (Å²) in [6, 6.07) is 18.8. The summed E-state index contributed by atoms with van der Waals surface area (Å²) in [5.41, 5.74) is 7.02. The number of rotatable bonds is 9. The molecule has 0 saturated carbocycles. The van der Waals surface area contributed by atoms with Gasteiger partial charge in [-0.1, -0.05) is 68.5 Å². The van der Waals surface area contributed by atoms with Crippen molar-refractivity contribution >= 4 is 23.3 Å². The van der Waals surface area contributed by atoms with Crippen LogP contribution in [-0.2, 0) is 5.75 Å². The Bertz CT molecular complexity index is 820. The van der Waals surface area contributed by atoms with Crippen molar-refractivity contribution in [1.82, 2.24) is 4.72 Å². The molecular formula is C26H34N2S. The fraction of sp³-hybridized carbons (Fsp3) is 0.269. The zero-order valence-electron chi connectivity index (χ0n) is 18.2. The molecule has 2 nitrogen and oxygen atoms in total. The van der Waals surface area contributed by atoms with Crippen LogP contribution in [0.1, 0.15) is 44.7 Å². The van der Waals surface area contributed by atoms with E-state index in [1.807, 2.05) is 6.07 Å². The number of allylic oxidation sites excluding steroid dienone is 3. The van der Waals surface area contributed by atoms with Crippen LogP contribution in [0.3, 0.4) is 0 Å². The zero-order chi connectivity index (χ0) is 21.5. The molecule has 0 atom stereocenters.